The average Bonchev–Trinajstić information content (AvgIpc) is 3.21. The molecule has 5 nitrogen and oxygen atoms in total. The van der Waals surface area contributed by atoms with Crippen LogP contribution in [0.5, 0.6) is 11.5 Å². The summed E-state index contributed by atoms with van der Waals surface area (Å²) in [6.45, 7) is 2.55. The Bertz CT molecular complexity index is 1320. The van der Waals surface area contributed by atoms with Crippen molar-refractivity contribution in [3.05, 3.63) is 89.2 Å². The second kappa shape index (κ2) is 9.31. The van der Waals surface area contributed by atoms with Crippen LogP contribution in [0, 0.1) is 23.0 Å². The second-order valence-corrected chi connectivity index (χ2v) is 6.97. The van der Waals surface area contributed by atoms with E-state index >= 15 is 0 Å². The van der Waals surface area contributed by atoms with Gasteiger partial charge in [0.05, 0.1) is 23.2 Å². The minimum Gasteiger partial charge on any atom is -0.490 e. The van der Waals surface area contributed by atoms with E-state index in [1.807, 2.05) is 6.92 Å². The molecule has 4 rings (SSSR count). The monoisotopic (exact) mass is 431 g/mol. The van der Waals surface area contributed by atoms with E-state index in [9.17, 15) is 14.0 Å². The summed E-state index contributed by atoms with van der Waals surface area (Å²) >= 11 is 0. The molecular weight excluding hydrogens is 412 g/mol. The standard InChI is InChI=1S/C25H19F2N3O2/c1-2-31-24-12-17(5-10-23(24)32-15-16-3-6-19(26)7-4-16)11-18(14-28)25-29-21-9-8-20(27)13-22(21)30-25/h3-13H,2,15H2,1H3,(H,29,30)/b18-11-. The van der Waals surface area contributed by atoms with Crippen LogP contribution in [0.3, 0.4) is 0 Å². The van der Waals surface area contributed by atoms with Crippen LogP contribution in [0.4, 0.5) is 8.78 Å². The van der Waals surface area contributed by atoms with Gasteiger partial charge in [0, 0.05) is 0 Å². The molecule has 0 fully saturated rings. The highest BCUT2D eigenvalue weighted by Crippen LogP contribution is 2.31. The molecule has 0 saturated carbocycles. The van der Waals surface area contributed by atoms with E-state index in [4.69, 9.17) is 9.47 Å². The van der Waals surface area contributed by atoms with Gasteiger partial charge >= 0.3 is 0 Å². The van der Waals surface area contributed by atoms with Gasteiger partial charge < -0.3 is 14.5 Å². The van der Waals surface area contributed by atoms with Gasteiger partial charge in [0.25, 0.3) is 0 Å². The summed E-state index contributed by atoms with van der Waals surface area (Å²) < 4.78 is 38.1. The van der Waals surface area contributed by atoms with Crippen molar-refractivity contribution in [3.8, 4) is 17.6 Å². The van der Waals surface area contributed by atoms with Crippen LogP contribution in [0.1, 0.15) is 23.9 Å². The molecule has 0 aliphatic carbocycles. The van der Waals surface area contributed by atoms with Gasteiger partial charge in [-0.1, -0.05) is 18.2 Å². The maximum Gasteiger partial charge on any atom is 0.161 e. The number of rotatable bonds is 7. The van der Waals surface area contributed by atoms with E-state index in [0.717, 1.165) is 5.56 Å². The summed E-state index contributed by atoms with van der Waals surface area (Å²) in [7, 11) is 0. The molecule has 3 aromatic carbocycles. The van der Waals surface area contributed by atoms with Crippen LogP contribution < -0.4 is 9.47 Å². The number of benzene rings is 3. The van der Waals surface area contributed by atoms with Gasteiger partial charge in [0.15, 0.2) is 11.5 Å². The number of halogens is 2. The fourth-order valence-corrected chi connectivity index (χ4v) is 3.17. The lowest BCUT2D eigenvalue weighted by molar-refractivity contribution is 0.269. The molecule has 4 aromatic rings. The van der Waals surface area contributed by atoms with Crippen molar-refractivity contribution in [2.24, 2.45) is 0 Å². The molecule has 160 valence electrons. The molecular formula is C25H19F2N3O2. The van der Waals surface area contributed by atoms with E-state index in [2.05, 4.69) is 16.0 Å². The third kappa shape index (κ3) is 4.76. The maximum absolute atomic E-state index is 13.4. The molecule has 0 aliphatic heterocycles. The van der Waals surface area contributed by atoms with Crippen LogP contribution >= 0.6 is 0 Å². The minimum atomic E-state index is -0.382. The normalized spacial score (nSPS) is 11.4. The van der Waals surface area contributed by atoms with Crippen molar-refractivity contribution in [1.29, 1.82) is 5.26 Å². The van der Waals surface area contributed by atoms with Crippen molar-refractivity contribution in [3.63, 3.8) is 0 Å². The number of H-pyrrole nitrogens is 1. The summed E-state index contributed by atoms with van der Waals surface area (Å²) in [6, 6.07) is 17.7. The number of nitriles is 1. The molecule has 0 atom stereocenters. The van der Waals surface area contributed by atoms with Gasteiger partial charge in [-0.2, -0.15) is 5.26 Å². The summed E-state index contributed by atoms with van der Waals surface area (Å²) in [5.41, 5.74) is 2.92. The zero-order valence-corrected chi connectivity index (χ0v) is 17.2. The number of hydrogen-bond donors (Lipinski definition) is 1. The molecule has 0 unspecified atom stereocenters. The number of allylic oxidation sites excluding steroid dienone is 1. The van der Waals surface area contributed by atoms with Crippen molar-refractivity contribution >= 4 is 22.7 Å². The first-order valence-corrected chi connectivity index (χ1v) is 9.97. The Morgan fingerprint density at radius 3 is 2.53 bits per heavy atom. The van der Waals surface area contributed by atoms with E-state index in [0.29, 0.717) is 46.1 Å². The topological polar surface area (TPSA) is 70.9 Å². The summed E-state index contributed by atoms with van der Waals surface area (Å²) in [4.78, 5) is 7.35. The number of nitrogens with zero attached hydrogens (tertiary/aromatic N) is 2. The third-order valence-electron chi connectivity index (χ3n) is 4.71. The molecule has 0 spiro atoms. The number of fused-ring (bicyclic) bond motifs is 1. The summed E-state index contributed by atoms with van der Waals surface area (Å²) in [5.74, 6) is 0.719. The van der Waals surface area contributed by atoms with Crippen LogP contribution in [0.15, 0.2) is 60.7 Å². The number of imidazole rings is 1. The van der Waals surface area contributed by atoms with Gasteiger partial charge in [-0.25, -0.2) is 13.8 Å². The fourth-order valence-electron chi connectivity index (χ4n) is 3.17. The van der Waals surface area contributed by atoms with Crippen LogP contribution in [-0.4, -0.2) is 16.6 Å². The number of hydrogen-bond acceptors (Lipinski definition) is 4. The molecule has 1 heterocycles. The van der Waals surface area contributed by atoms with Gasteiger partial charge in [0.1, 0.15) is 30.1 Å². The highest BCUT2D eigenvalue weighted by atomic mass is 19.1. The number of aromatic nitrogens is 2. The van der Waals surface area contributed by atoms with Crippen LogP contribution in [0.25, 0.3) is 22.7 Å². The maximum atomic E-state index is 13.4. The lowest BCUT2D eigenvalue weighted by Crippen LogP contribution is -2.00. The van der Waals surface area contributed by atoms with E-state index < -0.39 is 0 Å². The lowest BCUT2D eigenvalue weighted by Gasteiger charge is -2.13. The zero-order valence-electron chi connectivity index (χ0n) is 17.2. The highest BCUT2D eigenvalue weighted by Gasteiger charge is 2.11. The van der Waals surface area contributed by atoms with E-state index in [1.54, 1.807) is 42.5 Å². The van der Waals surface area contributed by atoms with Gasteiger partial charge in [-0.15, -0.1) is 0 Å². The van der Waals surface area contributed by atoms with Crippen molar-refractivity contribution in [2.45, 2.75) is 13.5 Å². The molecule has 0 amide bonds. The van der Waals surface area contributed by atoms with Crippen molar-refractivity contribution < 1.29 is 18.3 Å². The molecule has 7 heteroatoms. The first-order valence-electron chi connectivity index (χ1n) is 9.97. The molecule has 1 N–H and O–H groups in total. The third-order valence-corrected chi connectivity index (χ3v) is 4.71. The largest absolute Gasteiger partial charge is 0.490 e. The predicted octanol–water partition coefficient (Wildman–Crippen LogP) is 5.88. The van der Waals surface area contributed by atoms with Gasteiger partial charge in [-0.05, 0) is 66.6 Å². The van der Waals surface area contributed by atoms with Crippen LogP contribution in [0.2, 0.25) is 0 Å². The van der Waals surface area contributed by atoms with Gasteiger partial charge in [0.2, 0.25) is 0 Å². The number of ether oxygens (including phenoxy) is 2. The van der Waals surface area contributed by atoms with Gasteiger partial charge in [-0.3, -0.25) is 0 Å². The molecule has 0 bridgehead atoms. The smallest absolute Gasteiger partial charge is 0.161 e. The Morgan fingerprint density at radius 1 is 1.00 bits per heavy atom. The fraction of sp³-hybridized carbons (Fsp3) is 0.120. The second-order valence-electron chi connectivity index (χ2n) is 6.97. The average molecular weight is 431 g/mol. The Balaban J connectivity index is 1.60. The SMILES string of the molecule is CCOc1cc(/C=C(/C#N)c2nc3ccc(F)cc3[nH]2)ccc1OCc1ccc(F)cc1. The summed E-state index contributed by atoms with van der Waals surface area (Å²) in [5, 5.41) is 9.64. The van der Waals surface area contributed by atoms with E-state index in [1.165, 1.54) is 24.3 Å². The quantitative estimate of drug-likeness (QED) is 0.371. The van der Waals surface area contributed by atoms with Crippen LogP contribution in [-0.2, 0) is 6.61 Å². The Labute approximate surface area is 183 Å². The van der Waals surface area contributed by atoms with Crippen molar-refractivity contribution in [2.75, 3.05) is 6.61 Å². The zero-order chi connectivity index (χ0) is 22.5. The first kappa shape index (κ1) is 21.1. The molecule has 0 aliphatic rings. The van der Waals surface area contributed by atoms with Crippen molar-refractivity contribution in [1.82, 2.24) is 9.97 Å². The molecule has 0 radical (unpaired) electrons. The predicted molar refractivity (Wildman–Crippen MR) is 118 cm³/mol. The Hall–Kier alpha value is -4.18. The Morgan fingerprint density at radius 2 is 1.78 bits per heavy atom. The number of nitrogens with one attached hydrogen (secondary N) is 1. The molecule has 1 aromatic heterocycles. The highest BCUT2D eigenvalue weighted by molar-refractivity contribution is 5.90. The molecule has 0 saturated heterocycles. The first-order chi connectivity index (χ1) is 15.6. The van der Waals surface area contributed by atoms with E-state index in [-0.39, 0.29) is 18.2 Å². The molecule has 32 heavy (non-hydrogen) atoms. The number of aromatic amines is 1. The Kier molecular flexibility index (Phi) is 6.13. The minimum absolute atomic E-state index is 0.258. The lowest BCUT2D eigenvalue weighted by atomic mass is 10.1. The summed E-state index contributed by atoms with van der Waals surface area (Å²) in [6.07, 6.45) is 1.67.